The van der Waals surface area contributed by atoms with E-state index in [0.29, 0.717) is 6.54 Å². The molecule has 0 radical (unpaired) electrons. The minimum Gasteiger partial charge on any atom is -0.331 e. The lowest BCUT2D eigenvalue weighted by atomic mass is 10.1. The smallest absolute Gasteiger partial charge is 0.254 e. The van der Waals surface area contributed by atoms with Crippen LogP contribution in [0.2, 0.25) is 0 Å². The van der Waals surface area contributed by atoms with E-state index in [9.17, 15) is 22.0 Å². The van der Waals surface area contributed by atoms with Crippen LogP contribution in [-0.4, -0.2) is 42.2 Å². The van der Waals surface area contributed by atoms with Crippen molar-refractivity contribution in [1.29, 1.82) is 0 Å². The predicted octanol–water partition coefficient (Wildman–Crippen LogP) is 4.33. The molecule has 0 aromatic heterocycles. The third-order valence-corrected chi connectivity index (χ3v) is 8.04. The average Bonchev–Trinajstić information content (AvgIpc) is 3.58. The van der Waals surface area contributed by atoms with E-state index in [1.165, 1.54) is 28.6 Å². The summed E-state index contributed by atoms with van der Waals surface area (Å²) in [6.07, 6.45) is 4.25. The molecule has 31 heavy (non-hydrogen) atoms. The summed E-state index contributed by atoms with van der Waals surface area (Å²) in [5, 5.41) is 0. The van der Waals surface area contributed by atoms with Gasteiger partial charge < -0.3 is 4.90 Å². The van der Waals surface area contributed by atoms with Gasteiger partial charge in [0, 0.05) is 42.4 Å². The van der Waals surface area contributed by atoms with Crippen LogP contribution in [0.25, 0.3) is 0 Å². The van der Waals surface area contributed by atoms with Crippen LogP contribution in [0.3, 0.4) is 0 Å². The van der Waals surface area contributed by atoms with Gasteiger partial charge in [-0.2, -0.15) is 4.31 Å². The Bertz CT molecular complexity index is 1090. The van der Waals surface area contributed by atoms with Gasteiger partial charge in [-0.15, -0.1) is 0 Å². The minimum absolute atomic E-state index is 0.00967. The Morgan fingerprint density at radius 3 is 2.55 bits per heavy atom. The fraction of sp³-hybridized carbons (Fsp3) is 0.435. The highest BCUT2D eigenvalue weighted by Crippen LogP contribution is 2.31. The third-order valence-electron chi connectivity index (χ3n) is 6.03. The summed E-state index contributed by atoms with van der Waals surface area (Å²) in [6, 6.07) is 9.27. The van der Waals surface area contributed by atoms with Gasteiger partial charge in [0.05, 0.1) is 4.90 Å². The van der Waals surface area contributed by atoms with Crippen LogP contribution in [0.5, 0.6) is 0 Å². The molecule has 2 fully saturated rings. The van der Waals surface area contributed by atoms with Gasteiger partial charge in [-0.1, -0.05) is 18.6 Å². The number of rotatable bonds is 6. The van der Waals surface area contributed by atoms with Crippen molar-refractivity contribution < 1.29 is 22.0 Å². The molecule has 4 rings (SSSR count). The molecule has 0 spiro atoms. The molecule has 0 bridgehead atoms. The highest BCUT2D eigenvalue weighted by Gasteiger charge is 2.35. The quantitative estimate of drug-likeness (QED) is 0.661. The van der Waals surface area contributed by atoms with E-state index < -0.39 is 21.7 Å². The molecule has 2 aromatic carbocycles. The second kappa shape index (κ2) is 8.67. The summed E-state index contributed by atoms with van der Waals surface area (Å²) >= 11 is 0. The zero-order chi connectivity index (χ0) is 22.2. The van der Waals surface area contributed by atoms with Gasteiger partial charge in [0.15, 0.2) is 0 Å². The number of sulfonamides is 1. The summed E-state index contributed by atoms with van der Waals surface area (Å²) in [5.74, 6) is -1.72. The molecular weight excluding hydrogens is 422 g/mol. The van der Waals surface area contributed by atoms with E-state index in [4.69, 9.17) is 0 Å². The summed E-state index contributed by atoms with van der Waals surface area (Å²) in [4.78, 5) is 14.9. The lowest BCUT2D eigenvalue weighted by Gasteiger charge is -2.32. The van der Waals surface area contributed by atoms with Crippen molar-refractivity contribution in [1.82, 2.24) is 9.21 Å². The van der Waals surface area contributed by atoms with Crippen LogP contribution in [0.4, 0.5) is 8.78 Å². The van der Waals surface area contributed by atoms with Crippen molar-refractivity contribution in [3.8, 4) is 0 Å². The second-order valence-corrected chi connectivity index (χ2v) is 10.3. The van der Waals surface area contributed by atoms with Gasteiger partial charge in [0.2, 0.25) is 10.0 Å². The molecule has 1 amide bonds. The fourth-order valence-electron chi connectivity index (χ4n) is 4.11. The molecule has 0 N–H and O–H groups in total. The van der Waals surface area contributed by atoms with Gasteiger partial charge in [-0.25, -0.2) is 17.2 Å². The number of hydrogen-bond donors (Lipinski definition) is 0. The van der Waals surface area contributed by atoms with Crippen LogP contribution >= 0.6 is 0 Å². The van der Waals surface area contributed by atoms with Crippen molar-refractivity contribution in [3.05, 3.63) is 65.2 Å². The average molecular weight is 449 g/mol. The Hall–Kier alpha value is -2.32. The Morgan fingerprint density at radius 2 is 1.87 bits per heavy atom. The van der Waals surface area contributed by atoms with Crippen LogP contribution < -0.4 is 0 Å². The monoisotopic (exact) mass is 448 g/mol. The highest BCUT2D eigenvalue weighted by molar-refractivity contribution is 7.89. The zero-order valence-corrected chi connectivity index (χ0v) is 18.2. The molecule has 1 aliphatic carbocycles. The largest absolute Gasteiger partial charge is 0.331 e. The maximum absolute atomic E-state index is 14.2. The number of carbonyl (C=O) groups excluding carboxylic acids is 1. The summed E-state index contributed by atoms with van der Waals surface area (Å²) < 4.78 is 55.2. The van der Waals surface area contributed by atoms with Crippen LogP contribution in [0.1, 0.15) is 54.9 Å². The molecule has 1 unspecified atom stereocenters. The summed E-state index contributed by atoms with van der Waals surface area (Å²) in [6.45, 7) is 2.38. The number of halogens is 2. The van der Waals surface area contributed by atoms with E-state index in [2.05, 4.69) is 0 Å². The maximum atomic E-state index is 14.2. The van der Waals surface area contributed by atoms with Gasteiger partial charge in [0.25, 0.3) is 5.91 Å². The number of benzene rings is 2. The van der Waals surface area contributed by atoms with E-state index in [1.54, 1.807) is 17.0 Å². The molecule has 8 heteroatoms. The maximum Gasteiger partial charge on any atom is 0.254 e. The van der Waals surface area contributed by atoms with E-state index in [-0.39, 0.29) is 40.6 Å². The molecule has 5 nitrogen and oxygen atoms in total. The van der Waals surface area contributed by atoms with E-state index in [0.717, 1.165) is 38.2 Å². The minimum atomic E-state index is -3.71. The van der Waals surface area contributed by atoms with Gasteiger partial charge in [-0.05, 0) is 56.9 Å². The summed E-state index contributed by atoms with van der Waals surface area (Å²) in [7, 11) is -3.71. The molecular formula is C23H26F2N2O3S. The van der Waals surface area contributed by atoms with Gasteiger partial charge >= 0.3 is 0 Å². The molecule has 166 valence electrons. The first-order valence-corrected chi connectivity index (χ1v) is 12.1. The molecule has 1 heterocycles. The van der Waals surface area contributed by atoms with Crippen LogP contribution in [-0.2, 0) is 16.6 Å². The van der Waals surface area contributed by atoms with Crippen molar-refractivity contribution in [3.63, 3.8) is 0 Å². The SMILES string of the molecule is CC1CCCCN1S(=O)(=O)c1cccc(C(=O)N(Cc2ccc(F)cc2F)C2CC2)c1. The normalized spacial score (nSPS) is 19.9. The number of piperidine rings is 1. The van der Waals surface area contributed by atoms with Crippen molar-refractivity contribution in [2.75, 3.05) is 6.54 Å². The van der Waals surface area contributed by atoms with Crippen LogP contribution in [0.15, 0.2) is 47.4 Å². The van der Waals surface area contributed by atoms with Crippen LogP contribution in [0, 0.1) is 11.6 Å². The molecule has 2 aromatic rings. The van der Waals surface area contributed by atoms with Gasteiger partial charge in [-0.3, -0.25) is 4.79 Å². The van der Waals surface area contributed by atoms with Crippen molar-refractivity contribution >= 4 is 15.9 Å². The highest BCUT2D eigenvalue weighted by atomic mass is 32.2. The van der Waals surface area contributed by atoms with Gasteiger partial charge in [0.1, 0.15) is 11.6 Å². The lowest BCUT2D eigenvalue weighted by Crippen LogP contribution is -2.42. The topological polar surface area (TPSA) is 57.7 Å². The lowest BCUT2D eigenvalue weighted by molar-refractivity contribution is 0.0728. The predicted molar refractivity (Wildman–Crippen MR) is 113 cm³/mol. The standard InChI is InChI=1S/C23H26F2N2O3S/c1-16-5-2-3-12-27(16)31(29,30)21-7-4-6-17(13-21)23(28)26(20-10-11-20)15-18-8-9-19(24)14-22(18)25/h4,6-9,13-14,16,20H,2-3,5,10-12,15H2,1H3. The molecule has 2 aliphatic rings. The van der Waals surface area contributed by atoms with E-state index in [1.807, 2.05) is 6.92 Å². The number of nitrogens with zero attached hydrogens (tertiary/aromatic N) is 2. The number of amides is 1. The molecule has 1 saturated heterocycles. The Kier molecular flexibility index (Phi) is 6.12. The summed E-state index contributed by atoms with van der Waals surface area (Å²) in [5.41, 5.74) is 0.479. The number of carbonyl (C=O) groups is 1. The fourth-order valence-corrected chi connectivity index (χ4v) is 5.85. The first-order chi connectivity index (χ1) is 14.8. The molecule has 1 atom stereocenters. The zero-order valence-electron chi connectivity index (χ0n) is 17.4. The Balaban J connectivity index is 1.60. The number of hydrogen-bond acceptors (Lipinski definition) is 3. The van der Waals surface area contributed by atoms with Crippen molar-refractivity contribution in [2.24, 2.45) is 0 Å². The Morgan fingerprint density at radius 1 is 1.10 bits per heavy atom. The molecule has 1 aliphatic heterocycles. The third kappa shape index (κ3) is 4.65. The second-order valence-electron chi connectivity index (χ2n) is 8.39. The van der Waals surface area contributed by atoms with Crippen molar-refractivity contribution in [2.45, 2.75) is 62.6 Å². The first kappa shape index (κ1) is 21.9. The van der Waals surface area contributed by atoms with E-state index >= 15 is 0 Å². The molecule has 1 saturated carbocycles. The first-order valence-electron chi connectivity index (χ1n) is 10.6. The Labute approximate surface area is 181 Å².